The lowest BCUT2D eigenvalue weighted by atomic mass is 10.0. The Morgan fingerprint density at radius 1 is 1.15 bits per heavy atom. The summed E-state index contributed by atoms with van der Waals surface area (Å²) < 4.78 is 22.2. The zero-order valence-electron chi connectivity index (χ0n) is 12.0. The molecule has 1 aliphatic rings. The molecule has 1 aromatic heterocycles. The average molecular weight is 277 g/mol. The summed E-state index contributed by atoms with van der Waals surface area (Å²) in [6.45, 7) is 0.383. The van der Waals surface area contributed by atoms with Gasteiger partial charge in [0.05, 0.1) is 33.3 Å². The summed E-state index contributed by atoms with van der Waals surface area (Å²) in [4.78, 5) is 0. The Balaban J connectivity index is 2.36. The van der Waals surface area contributed by atoms with Gasteiger partial charge in [0.15, 0.2) is 11.5 Å². The minimum atomic E-state index is 0.383. The highest BCUT2D eigenvalue weighted by atomic mass is 16.5. The molecule has 0 bridgehead atoms. The van der Waals surface area contributed by atoms with Crippen LogP contribution in [0.5, 0.6) is 17.2 Å². The van der Waals surface area contributed by atoms with E-state index in [1.807, 2.05) is 6.07 Å². The first kappa shape index (κ1) is 13.1. The predicted molar refractivity (Wildman–Crippen MR) is 75.7 cm³/mol. The van der Waals surface area contributed by atoms with E-state index in [0.29, 0.717) is 29.7 Å². The third-order valence-electron chi connectivity index (χ3n) is 3.77. The van der Waals surface area contributed by atoms with Gasteiger partial charge in [-0.25, -0.2) is 0 Å². The van der Waals surface area contributed by atoms with E-state index in [1.54, 1.807) is 21.3 Å². The smallest absolute Gasteiger partial charge is 0.204 e. The normalized spacial score (nSPS) is 14.6. The van der Waals surface area contributed by atoms with Crippen LogP contribution in [-0.4, -0.2) is 21.3 Å². The molecular formula is C15H19NO4. The van der Waals surface area contributed by atoms with Gasteiger partial charge < -0.3 is 24.4 Å². The van der Waals surface area contributed by atoms with Crippen LogP contribution in [0.4, 0.5) is 0 Å². The van der Waals surface area contributed by atoms with Crippen LogP contribution < -0.4 is 19.9 Å². The van der Waals surface area contributed by atoms with E-state index in [0.717, 1.165) is 16.7 Å². The van der Waals surface area contributed by atoms with Crippen LogP contribution in [0.1, 0.15) is 30.1 Å². The number of methoxy groups -OCH3 is 3. The van der Waals surface area contributed by atoms with Crippen LogP contribution in [0.25, 0.3) is 11.0 Å². The molecule has 3 rings (SSSR count). The van der Waals surface area contributed by atoms with Gasteiger partial charge in [0.2, 0.25) is 5.75 Å². The second-order valence-electron chi connectivity index (χ2n) is 4.94. The number of nitrogens with two attached hydrogens (primary N) is 1. The second-order valence-corrected chi connectivity index (χ2v) is 4.94. The number of hydrogen-bond acceptors (Lipinski definition) is 5. The molecule has 0 unspecified atom stereocenters. The minimum Gasteiger partial charge on any atom is -0.493 e. The van der Waals surface area contributed by atoms with Gasteiger partial charge in [-0.3, -0.25) is 0 Å². The van der Waals surface area contributed by atoms with Crippen LogP contribution >= 0.6 is 0 Å². The Labute approximate surface area is 117 Å². The maximum absolute atomic E-state index is 5.89. The molecule has 0 amide bonds. The number of hydrogen-bond donors (Lipinski definition) is 1. The van der Waals surface area contributed by atoms with E-state index >= 15 is 0 Å². The Morgan fingerprint density at radius 2 is 1.85 bits per heavy atom. The van der Waals surface area contributed by atoms with Gasteiger partial charge in [0.1, 0.15) is 11.3 Å². The molecule has 5 heteroatoms. The summed E-state index contributed by atoms with van der Waals surface area (Å²) >= 11 is 0. The number of benzene rings is 1. The van der Waals surface area contributed by atoms with Crippen molar-refractivity contribution in [3.8, 4) is 17.2 Å². The van der Waals surface area contributed by atoms with Crippen LogP contribution in [0.15, 0.2) is 10.5 Å². The molecule has 0 saturated heterocycles. The largest absolute Gasteiger partial charge is 0.493 e. The summed E-state index contributed by atoms with van der Waals surface area (Å²) in [7, 11) is 4.83. The molecule has 2 aromatic rings. The van der Waals surface area contributed by atoms with Gasteiger partial charge >= 0.3 is 0 Å². The molecule has 1 aliphatic carbocycles. The van der Waals surface area contributed by atoms with Crippen molar-refractivity contribution < 1.29 is 18.6 Å². The Kier molecular flexibility index (Phi) is 3.22. The topological polar surface area (TPSA) is 66.9 Å². The van der Waals surface area contributed by atoms with E-state index in [2.05, 4.69) is 0 Å². The number of furan rings is 1. The molecular weight excluding hydrogens is 258 g/mol. The lowest BCUT2D eigenvalue weighted by Gasteiger charge is -2.13. The fraction of sp³-hybridized carbons (Fsp3) is 0.467. The van der Waals surface area contributed by atoms with Crippen LogP contribution in [0.2, 0.25) is 0 Å². The zero-order chi connectivity index (χ0) is 14.3. The van der Waals surface area contributed by atoms with Crippen molar-refractivity contribution in [2.75, 3.05) is 21.3 Å². The van der Waals surface area contributed by atoms with E-state index in [4.69, 9.17) is 24.4 Å². The quantitative estimate of drug-likeness (QED) is 0.910. The van der Waals surface area contributed by atoms with Gasteiger partial charge in [-0.1, -0.05) is 0 Å². The van der Waals surface area contributed by atoms with E-state index in [9.17, 15) is 0 Å². The van der Waals surface area contributed by atoms with Gasteiger partial charge in [-0.15, -0.1) is 0 Å². The molecule has 2 N–H and O–H groups in total. The molecule has 20 heavy (non-hydrogen) atoms. The van der Waals surface area contributed by atoms with Crippen molar-refractivity contribution in [1.82, 2.24) is 0 Å². The third kappa shape index (κ3) is 1.81. The molecule has 1 heterocycles. The van der Waals surface area contributed by atoms with Gasteiger partial charge in [0.25, 0.3) is 0 Å². The Morgan fingerprint density at radius 3 is 2.35 bits per heavy atom. The highest BCUT2D eigenvalue weighted by Crippen LogP contribution is 2.52. The van der Waals surface area contributed by atoms with Crippen LogP contribution in [-0.2, 0) is 6.54 Å². The average Bonchev–Trinajstić information content (AvgIpc) is 3.25. The number of rotatable bonds is 5. The summed E-state index contributed by atoms with van der Waals surface area (Å²) in [6.07, 6.45) is 2.33. The molecule has 0 spiro atoms. The maximum Gasteiger partial charge on any atom is 0.204 e. The molecule has 108 valence electrons. The van der Waals surface area contributed by atoms with Crippen molar-refractivity contribution in [2.45, 2.75) is 25.3 Å². The highest BCUT2D eigenvalue weighted by molar-refractivity contribution is 5.94. The highest BCUT2D eigenvalue weighted by Gasteiger charge is 2.33. The first-order valence-electron chi connectivity index (χ1n) is 6.69. The first-order valence-corrected chi connectivity index (χ1v) is 6.69. The van der Waals surface area contributed by atoms with Crippen LogP contribution in [0.3, 0.4) is 0 Å². The van der Waals surface area contributed by atoms with Gasteiger partial charge in [-0.2, -0.15) is 0 Å². The lowest BCUT2D eigenvalue weighted by Crippen LogP contribution is -1.98. The molecule has 0 radical (unpaired) electrons. The van der Waals surface area contributed by atoms with Crippen LogP contribution in [0, 0.1) is 0 Å². The standard InChI is InChI=1S/C15H19NO4/c1-17-10-6-9-13(15(19-3)14(10)18-2)12(8-4-5-8)11(7-16)20-9/h6,8H,4-5,7,16H2,1-3H3. The third-order valence-corrected chi connectivity index (χ3v) is 3.77. The second kappa shape index (κ2) is 4.90. The summed E-state index contributed by atoms with van der Waals surface area (Å²) in [5.74, 6) is 3.19. The van der Waals surface area contributed by atoms with Crippen molar-refractivity contribution in [3.63, 3.8) is 0 Å². The van der Waals surface area contributed by atoms with Gasteiger partial charge in [-0.05, 0) is 18.8 Å². The Hall–Kier alpha value is -1.88. The minimum absolute atomic E-state index is 0.383. The van der Waals surface area contributed by atoms with Crippen molar-refractivity contribution in [2.24, 2.45) is 5.73 Å². The lowest BCUT2D eigenvalue weighted by molar-refractivity contribution is 0.326. The summed E-state index contributed by atoms with van der Waals surface area (Å²) in [5, 5.41) is 0.966. The van der Waals surface area contributed by atoms with E-state index < -0.39 is 0 Å². The first-order chi connectivity index (χ1) is 9.74. The van der Waals surface area contributed by atoms with Gasteiger partial charge in [0, 0.05) is 11.6 Å². The van der Waals surface area contributed by atoms with E-state index in [1.165, 1.54) is 18.4 Å². The summed E-state index contributed by atoms with van der Waals surface area (Å²) in [5.41, 5.74) is 7.72. The molecule has 5 nitrogen and oxygen atoms in total. The maximum atomic E-state index is 5.89. The van der Waals surface area contributed by atoms with Crippen molar-refractivity contribution in [1.29, 1.82) is 0 Å². The Bertz CT molecular complexity index is 643. The molecule has 1 aromatic carbocycles. The SMILES string of the molecule is COc1cc2oc(CN)c(C3CC3)c2c(OC)c1OC. The van der Waals surface area contributed by atoms with E-state index in [-0.39, 0.29) is 0 Å². The van der Waals surface area contributed by atoms with Crippen molar-refractivity contribution >= 4 is 11.0 Å². The molecule has 1 saturated carbocycles. The summed E-state index contributed by atoms with van der Waals surface area (Å²) in [6, 6.07) is 1.84. The monoisotopic (exact) mass is 277 g/mol. The number of fused-ring (bicyclic) bond motifs is 1. The fourth-order valence-corrected chi connectivity index (χ4v) is 2.75. The predicted octanol–water partition coefficient (Wildman–Crippen LogP) is 2.79. The molecule has 1 fully saturated rings. The molecule has 0 atom stereocenters. The van der Waals surface area contributed by atoms with Crippen molar-refractivity contribution in [3.05, 3.63) is 17.4 Å². The molecule has 0 aliphatic heterocycles. The fourth-order valence-electron chi connectivity index (χ4n) is 2.75. The zero-order valence-corrected chi connectivity index (χ0v) is 12.0. The number of ether oxygens (including phenoxy) is 3.